The van der Waals surface area contributed by atoms with E-state index in [1.165, 1.54) is 82.2 Å². The van der Waals surface area contributed by atoms with Gasteiger partial charge in [0.2, 0.25) is 0 Å². The van der Waals surface area contributed by atoms with Crippen molar-refractivity contribution in [2.45, 2.75) is 25.0 Å². The quantitative estimate of drug-likeness (QED) is 0.161. The molecule has 0 saturated heterocycles. The molecule has 0 bridgehead atoms. The fourth-order valence-corrected chi connectivity index (χ4v) is 11.2. The smallest absolute Gasteiger partial charge is 0.151 e. The molecule has 0 saturated carbocycles. The first-order chi connectivity index (χ1) is 33.7. The van der Waals surface area contributed by atoms with Gasteiger partial charge in [-0.2, -0.15) is 0 Å². The molecule has 322 valence electrons. The average molecular weight is 873 g/mol. The molecule has 2 heterocycles. The summed E-state index contributed by atoms with van der Waals surface area (Å²) in [5.74, 6) is 2.63. The minimum atomic E-state index is -0.0850. The Balaban J connectivity index is 1.07. The van der Waals surface area contributed by atoms with Gasteiger partial charge < -0.3 is 19.3 Å². The average Bonchev–Trinajstić information content (AvgIpc) is 3.40. The monoisotopic (exact) mass is 872 g/mol. The summed E-state index contributed by atoms with van der Waals surface area (Å²) < 4.78 is 13.2. The molecule has 68 heavy (non-hydrogen) atoms. The molecule has 4 nitrogen and oxygen atoms in total. The van der Waals surface area contributed by atoms with Crippen LogP contribution in [0.2, 0.25) is 0 Å². The maximum atomic E-state index is 6.68. The van der Waals surface area contributed by atoms with Crippen LogP contribution in [0.25, 0.3) is 76.5 Å². The van der Waals surface area contributed by atoms with Gasteiger partial charge in [-0.1, -0.05) is 152 Å². The Hall–Kier alpha value is -8.60. The molecule has 10 aromatic carbocycles. The molecule has 0 aromatic heterocycles. The zero-order valence-electron chi connectivity index (χ0n) is 37.2. The minimum absolute atomic E-state index is 0.0369. The van der Waals surface area contributed by atoms with E-state index < -0.39 is 0 Å². The van der Waals surface area contributed by atoms with E-state index in [4.69, 9.17) is 9.47 Å². The number of para-hydroxylation sites is 4. The van der Waals surface area contributed by atoms with Gasteiger partial charge in [0.05, 0.1) is 23.1 Å². The number of anilines is 4. The molecule has 0 spiro atoms. The standard InChI is InChI=1S/C64H44N2O2/c1-2-14-41(15-3-1)44-27-28-46-38-48(31-29-45(46)36-44)64-52-35-33-49(65-55-18-6-10-22-59(55)67-60-23-11-7-19-56(60)65)39-53(52)63(47-30-26-42-16-4-5-17-43(42)37-47)51-34-32-50(40-54(51)64)66-57-20-8-12-24-61(57)68-62-25-13-9-21-58(62)66/h1-6,8-18,20-40,55,59H,7,19H2. The van der Waals surface area contributed by atoms with Gasteiger partial charge in [0.25, 0.3) is 0 Å². The summed E-state index contributed by atoms with van der Waals surface area (Å²) in [6.45, 7) is 0. The predicted octanol–water partition coefficient (Wildman–Crippen LogP) is 17.1. The maximum absolute atomic E-state index is 6.68. The summed E-state index contributed by atoms with van der Waals surface area (Å²) in [5.41, 5.74) is 12.7. The van der Waals surface area contributed by atoms with Gasteiger partial charge in [0, 0.05) is 11.4 Å². The highest BCUT2D eigenvalue weighted by Gasteiger charge is 2.37. The Morgan fingerprint density at radius 3 is 1.75 bits per heavy atom. The lowest BCUT2D eigenvalue weighted by Gasteiger charge is -2.44. The van der Waals surface area contributed by atoms with E-state index in [0.29, 0.717) is 0 Å². The number of benzene rings is 10. The number of hydrogen-bond acceptors (Lipinski definition) is 4. The minimum Gasteiger partial charge on any atom is -0.482 e. The Morgan fingerprint density at radius 2 is 1.01 bits per heavy atom. The molecule has 2 atom stereocenters. The van der Waals surface area contributed by atoms with Crippen molar-refractivity contribution in [3.8, 4) is 44.9 Å². The van der Waals surface area contributed by atoms with Crippen LogP contribution in [0.1, 0.15) is 12.8 Å². The molecule has 2 aliphatic carbocycles. The molecule has 10 aromatic rings. The molecule has 0 radical (unpaired) electrons. The first-order valence-electron chi connectivity index (χ1n) is 23.7. The van der Waals surface area contributed by atoms with Crippen LogP contribution in [0.4, 0.5) is 22.7 Å². The third kappa shape index (κ3) is 6.22. The van der Waals surface area contributed by atoms with Crippen LogP contribution in [0, 0.1) is 0 Å². The number of ether oxygens (including phenoxy) is 2. The number of allylic oxidation sites excluding steroid dienone is 5. The highest BCUT2D eigenvalue weighted by molar-refractivity contribution is 6.23. The van der Waals surface area contributed by atoms with E-state index in [1.807, 2.05) is 12.1 Å². The molecule has 2 unspecified atom stereocenters. The number of hydrogen-bond donors (Lipinski definition) is 0. The molecule has 0 N–H and O–H groups in total. The fourth-order valence-electron chi connectivity index (χ4n) is 11.2. The van der Waals surface area contributed by atoms with Crippen molar-refractivity contribution in [3.63, 3.8) is 0 Å². The fraction of sp³-hybridized carbons (Fsp3) is 0.0625. The van der Waals surface area contributed by atoms with Gasteiger partial charge in [0.1, 0.15) is 11.9 Å². The largest absolute Gasteiger partial charge is 0.482 e. The Labute approximate surface area is 395 Å². The van der Waals surface area contributed by atoms with Gasteiger partial charge in [-0.15, -0.1) is 0 Å². The van der Waals surface area contributed by atoms with Crippen molar-refractivity contribution in [1.82, 2.24) is 0 Å². The van der Waals surface area contributed by atoms with Crippen molar-refractivity contribution in [1.29, 1.82) is 0 Å². The van der Waals surface area contributed by atoms with Crippen molar-refractivity contribution < 1.29 is 9.47 Å². The second-order valence-corrected chi connectivity index (χ2v) is 18.3. The summed E-state index contributed by atoms with van der Waals surface area (Å²) in [7, 11) is 0. The topological polar surface area (TPSA) is 24.9 Å². The molecule has 2 aliphatic heterocycles. The zero-order valence-corrected chi connectivity index (χ0v) is 37.2. The Morgan fingerprint density at radius 1 is 0.441 bits per heavy atom. The normalized spacial score (nSPS) is 16.9. The van der Waals surface area contributed by atoms with Crippen LogP contribution in [0.3, 0.4) is 0 Å². The summed E-state index contributed by atoms with van der Waals surface area (Å²) >= 11 is 0. The van der Waals surface area contributed by atoms with E-state index in [1.54, 1.807) is 0 Å². The van der Waals surface area contributed by atoms with E-state index in [9.17, 15) is 0 Å². The maximum Gasteiger partial charge on any atom is 0.151 e. The van der Waals surface area contributed by atoms with Gasteiger partial charge in [-0.3, -0.25) is 0 Å². The van der Waals surface area contributed by atoms with Crippen LogP contribution in [-0.4, -0.2) is 12.1 Å². The second kappa shape index (κ2) is 15.5. The lowest BCUT2D eigenvalue weighted by atomic mass is 9.84. The van der Waals surface area contributed by atoms with E-state index >= 15 is 0 Å². The van der Waals surface area contributed by atoms with Crippen LogP contribution in [-0.2, 0) is 4.74 Å². The molecule has 4 aliphatic rings. The Bertz CT molecular complexity index is 3800. The molecule has 0 fully saturated rings. The Kier molecular flexibility index (Phi) is 8.81. The molecular weight excluding hydrogens is 829 g/mol. The highest BCUT2D eigenvalue weighted by atomic mass is 16.5. The number of nitrogens with zero attached hydrogens (tertiary/aromatic N) is 2. The van der Waals surface area contributed by atoms with Crippen molar-refractivity contribution in [2.24, 2.45) is 0 Å². The third-order valence-corrected chi connectivity index (χ3v) is 14.3. The molecular formula is C64H44N2O2. The lowest BCUT2D eigenvalue weighted by molar-refractivity contribution is 0.129. The zero-order chi connectivity index (χ0) is 44.7. The van der Waals surface area contributed by atoms with Gasteiger partial charge in [0.15, 0.2) is 11.5 Å². The molecule has 14 rings (SSSR count). The molecule has 0 amide bonds. The summed E-state index contributed by atoms with van der Waals surface area (Å²) in [6.07, 6.45) is 15.0. The van der Waals surface area contributed by atoms with E-state index in [-0.39, 0.29) is 12.1 Å². The first kappa shape index (κ1) is 38.6. The van der Waals surface area contributed by atoms with Crippen molar-refractivity contribution in [2.75, 3.05) is 9.80 Å². The summed E-state index contributed by atoms with van der Waals surface area (Å²) in [4.78, 5) is 4.91. The van der Waals surface area contributed by atoms with Gasteiger partial charge in [-0.25, -0.2) is 0 Å². The highest BCUT2D eigenvalue weighted by Crippen LogP contribution is 2.53. The first-order valence-corrected chi connectivity index (χ1v) is 23.7. The predicted molar refractivity (Wildman–Crippen MR) is 282 cm³/mol. The van der Waals surface area contributed by atoms with Crippen molar-refractivity contribution in [3.05, 3.63) is 242 Å². The van der Waals surface area contributed by atoms with Crippen molar-refractivity contribution >= 4 is 65.8 Å². The van der Waals surface area contributed by atoms with Crippen LogP contribution in [0.5, 0.6) is 11.5 Å². The van der Waals surface area contributed by atoms with Gasteiger partial charge >= 0.3 is 0 Å². The summed E-state index contributed by atoms with van der Waals surface area (Å²) in [6, 6.07) is 71.3. The summed E-state index contributed by atoms with van der Waals surface area (Å²) in [5, 5.41) is 9.64. The lowest BCUT2D eigenvalue weighted by Crippen LogP contribution is -2.47. The van der Waals surface area contributed by atoms with Gasteiger partial charge in [-0.05, 0) is 168 Å². The second-order valence-electron chi connectivity index (χ2n) is 18.3. The SMILES string of the molecule is C1=CC2OC3=C(CCC=C3)N(c3ccc4c(-c5ccc6cc(-c7ccccc7)ccc6c5)c5cc(N6c7ccccc7Oc7ccccc76)ccc5c(-c5ccc6ccccc6c5)c4c3)C2C=C1. The number of fused-ring (bicyclic) bond motifs is 7. The van der Waals surface area contributed by atoms with Crippen LogP contribution in [0.15, 0.2) is 242 Å². The van der Waals surface area contributed by atoms with Crippen LogP contribution >= 0.6 is 0 Å². The van der Waals surface area contributed by atoms with Crippen LogP contribution < -0.4 is 14.5 Å². The van der Waals surface area contributed by atoms with E-state index in [2.05, 4.69) is 228 Å². The number of rotatable bonds is 5. The third-order valence-electron chi connectivity index (χ3n) is 14.3. The van der Waals surface area contributed by atoms with E-state index in [0.717, 1.165) is 52.8 Å². The molecule has 4 heteroatoms.